The average Bonchev–Trinajstić information content (AvgIpc) is 2.57. The maximum atomic E-state index is 12.3. The molecule has 0 aliphatic heterocycles. The van der Waals surface area contributed by atoms with Crippen LogP contribution in [0.5, 0.6) is 0 Å². The molecule has 1 N–H and O–H groups in total. The van der Waals surface area contributed by atoms with E-state index in [0.717, 1.165) is 4.52 Å². The van der Waals surface area contributed by atoms with Gasteiger partial charge in [-0.15, -0.1) is 0 Å². The fourth-order valence-corrected chi connectivity index (χ4v) is 1.37. The highest BCUT2D eigenvalue weighted by Crippen LogP contribution is 2.26. The first kappa shape index (κ1) is 10.7. The summed E-state index contributed by atoms with van der Waals surface area (Å²) in [7, 11) is 0. The molecule has 86 valence electrons. The average molecular weight is 231 g/mol. The van der Waals surface area contributed by atoms with Crippen LogP contribution in [0.15, 0.2) is 10.9 Å². The summed E-state index contributed by atoms with van der Waals surface area (Å²) in [6, 6.07) is 1.43. The van der Waals surface area contributed by atoms with Crippen LogP contribution in [0.4, 0.5) is 13.2 Å². The summed E-state index contributed by atoms with van der Waals surface area (Å²) in [6.07, 6.45) is -4.58. The van der Waals surface area contributed by atoms with E-state index in [1.807, 2.05) is 5.10 Å². The smallest absolute Gasteiger partial charge is 0.269 e. The Kier molecular flexibility index (Phi) is 2.08. The lowest BCUT2D eigenvalue weighted by Crippen LogP contribution is -2.18. The number of fused-ring (bicyclic) bond motifs is 1. The van der Waals surface area contributed by atoms with Gasteiger partial charge in [0.25, 0.3) is 5.56 Å². The number of aryl methyl sites for hydroxylation is 1. The molecule has 2 heterocycles. The molecule has 2 aromatic rings. The quantitative estimate of drug-likeness (QED) is 0.749. The molecule has 7 heteroatoms. The van der Waals surface area contributed by atoms with Crippen molar-refractivity contribution in [2.75, 3.05) is 0 Å². The Labute approximate surface area is 87.7 Å². The Morgan fingerprint density at radius 1 is 1.38 bits per heavy atom. The van der Waals surface area contributed by atoms with Crippen LogP contribution in [0.25, 0.3) is 5.65 Å². The third-order valence-electron chi connectivity index (χ3n) is 2.40. The van der Waals surface area contributed by atoms with Gasteiger partial charge in [-0.2, -0.15) is 17.7 Å². The fraction of sp³-hybridized carbons (Fsp3) is 0.333. The van der Waals surface area contributed by atoms with E-state index in [1.54, 1.807) is 13.8 Å². The van der Waals surface area contributed by atoms with Crippen molar-refractivity contribution in [2.45, 2.75) is 20.0 Å². The van der Waals surface area contributed by atoms with Gasteiger partial charge in [0.1, 0.15) is 0 Å². The van der Waals surface area contributed by atoms with Crippen LogP contribution < -0.4 is 5.56 Å². The molecule has 4 nitrogen and oxygen atoms in total. The number of aromatic amines is 1. The number of pyridine rings is 1. The molecule has 0 aliphatic carbocycles. The lowest BCUT2D eigenvalue weighted by atomic mass is 10.2. The molecule has 2 aromatic heterocycles. The molecular formula is C9H8F3N3O. The number of nitrogens with one attached hydrogen (secondary N) is 1. The van der Waals surface area contributed by atoms with Gasteiger partial charge in [-0.3, -0.25) is 9.89 Å². The summed E-state index contributed by atoms with van der Waals surface area (Å²) >= 11 is 0. The van der Waals surface area contributed by atoms with Crippen molar-refractivity contribution in [3.63, 3.8) is 0 Å². The largest absolute Gasteiger partial charge is 0.451 e. The van der Waals surface area contributed by atoms with E-state index in [-0.39, 0.29) is 5.65 Å². The molecule has 0 spiro atoms. The van der Waals surface area contributed by atoms with Crippen LogP contribution in [0, 0.1) is 13.8 Å². The van der Waals surface area contributed by atoms with Gasteiger partial charge in [0.15, 0.2) is 5.65 Å². The van der Waals surface area contributed by atoms with Gasteiger partial charge >= 0.3 is 6.18 Å². The van der Waals surface area contributed by atoms with E-state index in [2.05, 4.69) is 4.98 Å². The highest BCUT2D eigenvalue weighted by molar-refractivity contribution is 5.43. The van der Waals surface area contributed by atoms with E-state index in [1.165, 1.54) is 6.07 Å². The number of nitrogens with zero attached hydrogens (tertiary/aromatic N) is 2. The van der Waals surface area contributed by atoms with Crippen molar-refractivity contribution in [2.24, 2.45) is 0 Å². The molecule has 0 aliphatic rings. The zero-order chi connectivity index (χ0) is 12.1. The van der Waals surface area contributed by atoms with Crippen LogP contribution in [0.1, 0.15) is 17.0 Å². The van der Waals surface area contributed by atoms with E-state index in [0.29, 0.717) is 11.1 Å². The number of H-pyrrole nitrogens is 1. The fourth-order valence-electron chi connectivity index (χ4n) is 1.37. The van der Waals surface area contributed by atoms with Crippen molar-refractivity contribution in [1.29, 1.82) is 0 Å². The predicted octanol–water partition coefficient (Wildman–Crippen LogP) is 1.66. The molecule has 0 aromatic carbocycles. The summed E-state index contributed by atoms with van der Waals surface area (Å²) in [5, 5.41) is 1.94. The maximum Gasteiger partial charge on any atom is 0.451 e. The van der Waals surface area contributed by atoms with Crippen LogP contribution in [-0.2, 0) is 6.18 Å². The summed E-state index contributed by atoms with van der Waals surface area (Å²) < 4.78 is 37.8. The molecule has 0 radical (unpaired) electrons. The molecule has 0 fully saturated rings. The van der Waals surface area contributed by atoms with Crippen molar-refractivity contribution in [1.82, 2.24) is 14.6 Å². The highest BCUT2D eigenvalue weighted by Gasteiger charge is 2.35. The van der Waals surface area contributed by atoms with Crippen LogP contribution in [0.3, 0.4) is 0 Å². The minimum absolute atomic E-state index is 0.0274. The first-order valence-corrected chi connectivity index (χ1v) is 4.47. The van der Waals surface area contributed by atoms with Gasteiger partial charge in [0.05, 0.1) is 0 Å². The Morgan fingerprint density at radius 3 is 2.56 bits per heavy atom. The zero-order valence-corrected chi connectivity index (χ0v) is 8.51. The van der Waals surface area contributed by atoms with E-state index in [4.69, 9.17) is 0 Å². The third kappa shape index (κ3) is 1.48. The summed E-state index contributed by atoms with van der Waals surface area (Å²) in [5.74, 6) is -1.17. The number of hydrogen-bond acceptors (Lipinski definition) is 2. The first-order chi connectivity index (χ1) is 7.30. The Balaban J connectivity index is 2.82. The van der Waals surface area contributed by atoms with Crippen LogP contribution in [-0.4, -0.2) is 14.6 Å². The predicted molar refractivity (Wildman–Crippen MR) is 50.3 cm³/mol. The van der Waals surface area contributed by atoms with E-state index in [9.17, 15) is 18.0 Å². The molecular weight excluding hydrogens is 223 g/mol. The summed E-state index contributed by atoms with van der Waals surface area (Å²) in [4.78, 5) is 14.9. The van der Waals surface area contributed by atoms with Gasteiger partial charge in [-0.1, -0.05) is 0 Å². The lowest BCUT2D eigenvalue weighted by molar-refractivity contribution is -0.144. The molecule has 0 saturated carbocycles. The monoisotopic (exact) mass is 231 g/mol. The van der Waals surface area contributed by atoms with E-state index < -0.39 is 17.6 Å². The number of hydrogen-bond donors (Lipinski definition) is 1. The number of alkyl halides is 3. The van der Waals surface area contributed by atoms with Crippen molar-refractivity contribution in [3.8, 4) is 0 Å². The molecule has 0 saturated heterocycles. The van der Waals surface area contributed by atoms with Gasteiger partial charge in [-0.05, 0) is 25.5 Å². The summed E-state index contributed by atoms with van der Waals surface area (Å²) in [6.45, 7) is 3.21. The summed E-state index contributed by atoms with van der Waals surface area (Å²) in [5.41, 5.74) is 0.471. The standard InChI is InChI=1S/C9H8F3N3O/c1-4-3-6-13-8(9(10,11)12)14-15(6)7(16)5(4)2/h3H,1-2H3,(H,13,14). The van der Waals surface area contributed by atoms with Gasteiger partial charge in [0, 0.05) is 5.56 Å². The molecule has 0 unspecified atom stereocenters. The second kappa shape index (κ2) is 3.10. The minimum Gasteiger partial charge on any atom is -0.269 e. The van der Waals surface area contributed by atoms with Crippen molar-refractivity contribution < 1.29 is 13.2 Å². The second-order valence-electron chi connectivity index (χ2n) is 3.52. The molecule has 0 atom stereocenters. The number of rotatable bonds is 0. The Bertz CT molecular complexity index is 609. The topological polar surface area (TPSA) is 50.2 Å². The van der Waals surface area contributed by atoms with E-state index >= 15 is 0 Å². The van der Waals surface area contributed by atoms with Gasteiger partial charge in [0.2, 0.25) is 5.82 Å². The normalized spacial score (nSPS) is 12.3. The lowest BCUT2D eigenvalue weighted by Gasteiger charge is -1.99. The van der Waals surface area contributed by atoms with Gasteiger partial charge in [-0.25, -0.2) is 4.98 Å². The van der Waals surface area contributed by atoms with Gasteiger partial charge < -0.3 is 0 Å². The highest BCUT2D eigenvalue weighted by atomic mass is 19.4. The third-order valence-corrected chi connectivity index (χ3v) is 2.40. The Morgan fingerprint density at radius 2 is 2.00 bits per heavy atom. The SMILES string of the molecule is Cc1cc2nc(C(F)(F)F)[nH]n2c(=O)c1C. The maximum absolute atomic E-state index is 12.3. The van der Waals surface area contributed by atoms with Crippen LogP contribution in [0.2, 0.25) is 0 Å². The molecule has 2 rings (SSSR count). The Hall–Kier alpha value is -1.79. The van der Waals surface area contributed by atoms with Crippen molar-refractivity contribution >= 4 is 5.65 Å². The number of halogens is 3. The second-order valence-corrected chi connectivity index (χ2v) is 3.52. The molecule has 0 bridgehead atoms. The minimum atomic E-state index is -4.58. The molecule has 16 heavy (non-hydrogen) atoms. The van der Waals surface area contributed by atoms with Crippen LogP contribution >= 0.6 is 0 Å². The first-order valence-electron chi connectivity index (χ1n) is 4.47. The molecule has 0 amide bonds. The number of aromatic nitrogens is 3. The zero-order valence-electron chi connectivity index (χ0n) is 8.51. The van der Waals surface area contributed by atoms with Crippen molar-refractivity contribution in [3.05, 3.63) is 33.4 Å².